The van der Waals surface area contributed by atoms with Crippen LogP contribution in [-0.4, -0.2) is 59.3 Å². The highest BCUT2D eigenvalue weighted by molar-refractivity contribution is 6.05. The van der Waals surface area contributed by atoms with Gasteiger partial charge in [0, 0.05) is 50.3 Å². The first-order valence-corrected chi connectivity index (χ1v) is 8.71. The van der Waals surface area contributed by atoms with Gasteiger partial charge in [0.1, 0.15) is 0 Å². The van der Waals surface area contributed by atoms with Crippen molar-refractivity contribution in [2.24, 2.45) is 0 Å². The quantitative estimate of drug-likeness (QED) is 0.893. The second-order valence-corrected chi connectivity index (χ2v) is 6.27. The summed E-state index contributed by atoms with van der Waals surface area (Å²) in [6, 6.07) is 4.53. The number of rotatable bonds is 4. The van der Waals surface area contributed by atoms with Crippen LogP contribution in [0.4, 0.5) is 14.5 Å². The highest BCUT2D eigenvalue weighted by Gasteiger charge is 2.22. The number of carbonyl (C=O) groups is 2. The lowest BCUT2D eigenvalue weighted by Crippen LogP contribution is -2.48. The molecule has 0 spiro atoms. The van der Waals surface area contributed by atoms with Gasteiger partial charge in [0.05, 0.1) is 11.1 Å². The predicted octanol–water partition coefficient (Wildman–Crippen LogP) is 2.39. The van der Waals surface area contributed by atoms with E-state index in [0.717, 1.165) is 31.8 Å². The van der Waals surface area contributed by atoms with Gasteiger partial charge in [-0.2, -0.15) is 0 Å². The van der Waals surface area contributed by atoms with Crippen molar-refractivity contribution in [3.05, 3.63) is 59.4 Å². The van der Waals surface area contributed by atoms with Crippen LogP contribution in [0.25, 0.3) is 0 Å². The summed E-state index contributed by atoms with van der Waals surface area (Å²) in [5, 5.41) is 2.47. The van der Waals surface area contributed by atoms with Crippen LogP contribution in [0.15, 0.2) is 36.7 Å². The molecule has 142 valence electrons. The molecular formula is C19H20F2N4O2. The molecule has 0 radical (unpaired) electrons. The highest BCUT2D eigenvalue weighted by Crippen LogP contribution is 2.15. The van der Waals surface area contributed by atoms with Gasteiger partial charge in [-0.05, 0) is 24.7 Å². The largest absolute Gasteiger partial charge is 0.336 e. The zero-order chi connectivity index (χ0) is 19.4. The first kappa shape index (κ1) is 18.9. The molecule has 1 aromatic carbocycles. The lowest BCUT2D eigenvalue weighted by atomic mass is 10.1. The third-order valence-electron chi connectivity index (χ3n) is 4.53. The van der Waals surface area contributed by atoms with Crippen molar-refractivity contribution < 1.29 is 18.4 Å². The molecule has 0 bridgehead atoms. The number of anilines is 1. The Hall–Kier alpha value is -2.87. The molecule has 1 aromatic heterocycles. The number of benzene rings is 1. The van der Waals surface area contributed by atoms with Crippen LogP contribution < -0.4 is 5.32 Å². The molecule has 1 N–H and O–H groups in total. The molecule has 8 heteroatoms. The Balaban J connectivity index is 1.70. The van der Waals surface area contributed by atoms with E-state index in [4.69, 9.17) is 0 Å². The number of piperazine rings is 1. The molecule has 6 nitrogen and oxygen atoms in total. The molecule has 1 aliphatic heterocycles. The Morgan fingerprint density at radius 1 is 1.04 bits per heavy atom. The summed E-state index contributed by atoms with van der Waals surface area (Å²) in [4.78, 5) is 33.0. The Kier molecular flexibility index (Phi) is 5.75. The van der Waals surface area contributed by atoms with Crippen LogP contribution in [0.1, 0.15) is 27.6 Å². The Morgan fingerprint density at radius 3 is 2.41 bits per heavy atom. The number of aromatic nitrogens is 1. The lowest BCUT2D eigenvalue weighted by Gasteiger charge is -2.34. The van der Waals surface area contributed by atoms with Gasteiger partial charge in [0.15, 0.2) is 11.6 Å². The maximum absolute atomic E-state index is 13.3. The van der Waals surface area contributed by atoms with Crippen LogP contribution in [0.5, 0.6) is 0 Å². The van der Waals surface area contributed by atoms with E-state index in [0.29, 0.717) is 18.7 Å². The summed E-state index contributed by atoms with van der Waals surface area (Å²) in [7, 11) is 0. The van der Waals surface area contributed by atoms with Gasteiger partial charge < -0.3 is 15.1 Å². The normalized spacial score (nSPS) is 14.9. The van der Waals surface area contributed by atoms with Gasteiger partial charge in [-0.3, -0.25) is 14.6 Å². The van der Waals surface area contributed by atoms with Crippen LogP contribution in [0.2, 0.25) is 0 Å². The first-order valence-electron chi connectivity index (χ1n) is 8.71. The van der Waals surface area contributed by atoms with E-state index in [1.54, 1.807) is 4.90 Å². The van der Waals surface area contributed by atoms with Gasteiger partial charge in [-0.25, -0.2) is 8.78 Å². The van der Waals surface area contributed by atoms with E-state index in [2.05, 4.69) is 22.1 Å². The zero-order valence-corrected chi connectivity index (χ0v) is 14.9. The molecule has 1 saturated heterocycles. The van der Waals surface area contributed by atoms with Crippen molar-refractivity contribution in [3.63, 3.8) is 0 Å². The third-order valence-corrected chi connectivity index (χ3v) is 4.53. The number of nitrogens with one attached hydrogen (secondary N) is 1. The molecule has 2 amide bonds. The Morgan fingerprint density at radius 2 is 1.74 bits per heavy atom. The fourth-order valence-corrected chi connectivity index (χ4v) is 2.91. The summed E-state index contributed by atoms with van der Waals surface area (Å²) in [6.07, 6.45) is 2.74. The summed E-state index contributed by atoms with van der Waals surface area (Å²) in [5.41, 5.74) is 0.599. The standard InChI is InChI=1S/C19H20F2N4O2/c1-2-24-5-7-25(8-6-24)19(27)14-9-13(11-22-12-14)18(26)23-15-3-4-16(20)17(21)10-15/h3-4,9-12H,2,5-8H2,1H3,(H,23,26). The van der Waals surface area contributed by atoms with E-state index >= 15 is 0 Å². The van der Waals surface area contributed by atoms with Gasteiger partial charge in [-0.15, -0.1) is 0 Å². The van der Waals surface area contributed by atoms with Crippen molar-refractivity contribution >= 4 is 17.5 Å². The fraction of sp³-hybridized carbons (Fsp3) is 0.316. The van der Waals surface area contributed by atoms with Gasteiger partial charge >= 0.3 is 0 Å². The number of nitrogens with zero attached hydrogens (tertiary/aromatic N) is 3. The molecule has 2 aromatic rings. The molecule has 0 unspecified atom stereocenters. The molecule has 2 heterocycles. The van der Waals surface area contributed by atoms with Crippen LogP contribution >= 0.6 is 0 Å². The molecule has 3 rings (SSSR count). The molecule has 1 aliphatic rings. The lowest BCUT2D eigenvalue weighted by molar-refractivity contribution is 0.0643. The van der Waals surface area contributed by atoms with Crippen LogP contribution in [-0.2, 0) is 0 Å². The number of hydrogen-bond acceptors (Lipinski definition) is 4. The number of hydrogen-bond donors (Lipinski definition) is 1. The zero-order valence-electron chi connectivity index (χ0n) is 14.9. The summed E-state index contributed by atoms with van der Waals surface area (Å²) in [5.74, 6) is -2.79. The van der Waals surface area contributed by atoms with Gasteiger partial charge in [0.25, 0.3) is 11.8 Å². The van der Waals surface area contributed by atoms with Crippen LogP contribution in [0, 0.1) is 11.6 Å². The van der Waals surface area contributed by atoms with Crippen molar-refractivity contribution in [3.8, 4) is 0 Å². The van der Waals surface area contributed by atoms with Crippen LogP contribution in [0.3, 0.4) is 0 Å². The second kappa shape index (κ2) is 8.22. The number of halogens is 2. The van der Waals surface area contributed by atoms with E-state index < -0.39 is 17.5 Å². The number of amides is 2. The maximum Gasteiger partial charge on any atom is 0.257 e. The predicted molar refractivity (Wildman–Crippen MR) is 96.6 cm³/mol. The molecule has 0 atom stereocenters. The third kappa shape index (κ3) is 4.46. The molecule has 1 fully saturated rings. The molecule has 0 saturated carbocycles. The second-order valence-electron chi connectivity index (χ2n) is 6.27. The fourth-order valence-electron chi connectivity index (χ4n) is 2.91. The van der Waals surface area contributed by atoms with Crippen molar-refractivity contribution in [2.75, 3.05) is 38.0 Å². The number of pyridine rings is 1. The van der Waals surface area contributed by atoms with Crippen molar-refractivity contribution in [1.29, 1.82) is 0 Å². The minimum absolute atomic E-state index is 0.117. The average molecular weight is 374 g/mol. The molecule has 27 heavy (non-hydrogen) atoms. The first-order chi connectivity index (χ1) is 13.0. The minimum Gasteiger partial charge on any atom is -0.336 e. The summed E-state index contributed by atoms with van der Waals surface area (Å²) in [6.45, 7) is 5.90. The van der Waals surface area contributed by atoms with Gasteiger partial charge in [0.2, 0.25) is 0 Å². The summed E-state index contributed by atoms with van der Waals surface area (Å²) >= 11 is 0. The maximum atomic E-state index is 13.3. The van der Waals surface area contributed by atoms with E-state index in [1.165, 1.54) is 24.5 Å². The Labute approximate surface area is 155 Å². The van der Waals surface area contributed by atoms with Crippen molar-refractivity contribution in [1.82, 2.24) is 14.8 Å². The number of likely N-dealkylation sites (N-methyl/N-ethyl adjacent to an activating group) is 1. The van der Waals surface area contributed by atoms with E-state index in [1.807, 2.05) is 0 Å². The SMILES string of the molecule is CCN1CCN(C(=O)c2cncc(C(=O)Nc3ccc(F)c(F)c3)c2)CC1. The monoisotopic (exact) mass is 374 g/mol. The smallest absolute Gasteiger partial charge is 0.257 e. The number of carbonyl (C=O) groups excluding carboxylic acids is 2. The van der Waals surface area contributed by atoms with Crippen molar-refractivity contribution in [2.45, 2.75) is 6.92 Å². The highest BCUT2D eigenvalue weighted by atomic mass is 19.2. The Bertz CT molecular complexity index is 851. The van der Waals surface area contributed by atoms with E-state index in [9.17, 15) is 18.4 Å². The minimum atomic E-state index is -1.05. The summed E-state index contributed by atoms with van der Waals surface area (Å²) < 4.78 is 26.3. The molecule has 0 aliphatic carbocycles. The van der Waals surface area contributed by atoms with Gasteiger partial charge in [-0.1, -0.05) is 6.92 Å². The topological polar surface area (TPSA) is 65.5 Å². The average Bonchev–Trinajstić information content (AvgIpc) is 2.70. The van der Waals surface area contributed by atoms with E-state index in [-0.39, 0.29) is 17.2 Å². The molecular weight excluding hydrogens is 354 g/mol.